The molecule has 0 N–H and O–H groups in total. The quantitative estimate of drug-likeness (QED) is 0.614. The fourth-order valence-electron chi connectivity index (χ4n) is 4.06. The van der Waals surface area contributed by atoms with Crippen LogP contribution >= 0.6 is 0 Å². The molecular formula is C16H24O. The van der Waals surface area contributed by atoms with Crippen LogP contribution in [0.5, 0.6) is 0 Å². The first-order valence-electron chi connectivity index (χ1n) is 7.28. The molecule has 0 unspecified atom stereocenters. The van der Waals surface area contributed by atoms with Crippen LogP contribution < -0.4 is 0 Å². The fraction of sp³-hybridized carbons (Fsp3) is 0.750. The van der Waals surface area contributed by atoms with Crippen molar-refractivity contribution in [3.05, 3.63) is 23.8 Å². The van der Waals surface area contributed by atoms with E-state index in [1.807, 2.05) is 0 Å². The number of ether oxygens (including phenoxy) is 1. The minimum atomic E-state index is 0.306. The molecule has 1 saturated carbocycles. The molecule has 2 fully saturated rings. The van der Waals surface area contributed by atoms with Gasteiger partial charge < -0.3 is 4.74 Å². The topological polar surface area (TPSA) is 9.23 Å². The Morgan fingerprint density at radius 1 is 1.18 bits per heavy atom. The predicted molar refractivity (Wildman–Crippen MR) is 70.9 cm³/mol. The summed E-state index contributed by atoms with van der Waals surface area (Å²) in [7, 11) is 0. The molecule has 0 spiro atoms. The van der Waals surface area contributed by atoms with E-state index >= 15 is 0 Å². The molecule has 1 aliphatic heterocycles. The second-order valence-corrected chi connectivity index (χ2v) is 6.07. The molecule has 2 aliphatic carbocycles. The Morgan fingerprint density at radius 3 is 2.76 bits per heavy atom. The molecule has 0 aromatic heterocycles. The van der Waals surface area contributed by atoms with Crippen LogP contribution in [0.15, 0.2) is 23.8 Å². The normalized spacial score (nSPS) is 41.1. The van der Waals surface area contributed by atoms with E-state index in [1.54, 1.807) is 5.57 Å². The molecule has 0 bridgehead atoms. The van der Waals surface area contributed by atoms with Gasteiger partial charge in [0.25, 0.3) is 0 Å². The first kappa shape index (κ1) is 11.5. The molecule has 0 radical (unpaired) electrons. The fourth-order valence-corrected chi connectivity index (χ4v) is 4.06. The van der Waals surface area contributed by atoms with Gasteiger partial charge in [0, 0.05) is 11.8 Å². The molecule has 1 nitrogen and oxygen atoms in total. The second-order valence-electron chi connectivity index (χ2n) is 6.07. The maximum Gasteiger partial charge on any atom is 0.0849 e. The van der Waals surface area contributed by atoms with Crippen LogP contribution in [-0.2, 0) is 4.74 Å². The average molecular weight is 232 g/mol. The maximum absolute atomic E-state index is 6.38. The molecule has 17 heavy (non-hydrogen) atoms. The second kappa shape index (κ2) is 4.61. The molecular weight excluding hydrogens is 208 g/mol. The first-order chi connectivity index (χ1) is 8.27. The highest BCUT2D eigenvalue weighted by molar-refractivity contribution is 5.24. The largest absolute Gasteiger partial charge is 0.369 e. The van der Waals surface area contributed by atoms with E-state index in [0.29, 0.717) is 18.1 Å². The van der Waals surface area contributed by atoms with Gasteiger partial charge in [-0.2, -0.15) is 0 Å². The lowest BCUT2D eigenvalue weighted by Gasteiger charge is -2.47. The third-order valence-corrected chi connectivity index (χ3v) is 4.83. The van der Waals surface area contributed by atoms with E-state index in [2.05, 4.69) is 19.6 Å². The summed E-state index contributed by atoms with van der Waals surface area (Å²) in [4.78, 5) is 0. The SMILES string of the molecule is C=C(C)[C@H]1O[C@H]2CCCC[C@H]2C2=CCCC[C@@H]21. The molecule has 1 heterocycles. The van der Waals surface area contributed by atoms with Crippen LogP contribution in [0.2, 0.25) is 0 Å². The van der Waals surface area contributed by atoms with Gasteiger partial charge in [0.05, 0.1) is 12.2 Å². The van der Waals surface area contributed by atoms with Crippen molar-refractivity contribution < 1.29 is 4.74 Å². The van der Waals surface area contributed by atoms with Crippen LogP contribution in [0.4, 0.5) is 0 Å². The summed E-state index contributed by atoms with van der Waals surface area (Å²) in [5, 5.41) is 0. The number of fused-ring (bicyclic) bond motifs is 3. The average Bonchev–Trinajstić information content (AvgIpc) is 2.37. The van der Waals surface area contributed by atoms with Crippen molar-refractivity contribution in [1.82, 2.24) is 0 Å². The zero-order valence-electron chi connectivity index (χ0n) is 11.0. The highest BCUT2D eigenvalue weighted by Crippen LogP contribution is 2.47. The Bertz CT molecular complexity index is 341. The first-order valence-corrected chi connectivity index (χ1v) is 7.28. The summed E-state index contributed by atoms with van der Waals surface area (Å²) < 4.78 is 6.38. The van der Waals surface area contributed by atoms with Gasteiger partial charge in [0.2, 0.25) is 0 Å². The minimum Gasteiger partial charge on any atom is -0.369 e. The van der Waals surface area contributed by atoms with Crippen LogP contribution in [0.3, 0.4) is 0 Å². The van der Waals surface area contributed by atoms with Gasteiger partial charge in [-0.05, 0) is 39.0 Å². The molecule has 1 heteroatoms. The van der Waals surface area contributed by atoms with Crippen molar-refractivity contribution in [2.24, 2.45) is 11.8 Å². The van der Waals surface area contributed by atoms with E-state index in [1.165, 1.54) is 50.5 Å². The van der Waals surface area contributed by atoms with Crippen molar-refractivity contribution in [2.45, 2.75) is 64.1 Å². The highest BCUT2D eigenvalue weighted by atomic mass is 16.5. The summed E-state index contributed by atoms with van der Waals surface area (Å²) in [5.74, 6) is 1.39. The number of allylic oxidation sites excluding steroid dienone is 1. The van der Waals surface area contributed by atoms with Gasteiger partial charge in [-0.15, -0.1) is 0 Å². The summed E-state index contributed by atoms with van der Waals surface area (Å²) in [6.45, 7) is 6.29. The number of hydrogen-bond donors (Lipinski definition) is 0. The Balaban J connectivity index is 1.90. The van der Waals surface area contributed by atoms with Crippen LogP contribution in [0.25, 0.3) is 0 Å². The monoisotopic (exact) mass is 232 g/mol. The standard InChI is InChI=1S/C16H24O/c1-11(2)16-14-9-4-3-7-12(14)13-8-5-6-10-15(13)17-16/h7,13-16H,1,3-6,8-10H2,2H3/t13-,14-,15-,16+/m0/s1. The maximum atomic E-state index is 6.38. The van der Waals surface area contributed by atoms with Gasteiger partial charge in [-0.25, -0.2) is 0 Å². The van der Waals surface area contributed by atoms with Crippen molar-refractivity contribution in [2.75, 3.05) is 0 Å². The lowest BCUT2D eigenvalue weighted by Crippen LogP contribution is -2.45. The zero-order chi connectivity index (χ0) is 11.8. The van der Waals surface area contributed by atoms with E-state index in [4.69, 9.17) is 4.74 Å². The highest BCUT2D eigenvalue weighted by Gasteiger charge is 2.42. The van der Waals surface area contributed by atoms with E-state index in [9.17, 15) is 0 Å². The lowest BCUT2D eigenvalue weighted by atomic mass is 9.68. The van der Waals surface area contributed by atoms with Crippen LogP contribution in [0, 0.1) is 11.8 Å². The Kier molecular flexibility index (Phi) is 3.12. The predicted octanol–water partition coefficient (Wildman–Crippen LogP) is 4.25. The third kappa shape index (κ3) is 1.99. The molecule has 0 aromatic rings. The summed E-state index contributed by atoms with van der Waals surface area (Å²) >= 11 is 0. The Hall–Kier alpha value is -0.560. The molecule has 3 rings (SSSR count). The smallest absolute Gasteiger partial charge is 0.0849 e. The summed E-state index contributed by atoms with van der Waals surface area (Å²) in [5.41, 5.74) is 2.96. The zero-order valence-corrected chi connectivity index (χ0v) is 11.0. The van der Waals surface area contributed by atoms with Gasteiger partial charge >= 0.3 is 0 Å². The minimum absolute atomic E-state index is 0.306. The summed E-state index contributed by atoms with van der Waals surface area (Å²) in [6.07, 6.45) is 12.6. The van der Waals surface area contributed by atoms with Crippen molar-refractivity contribution >= 4 is 0 Å². The number of hydrogen-bond acceptors (Lipinski definition) is 1. The Labute approximate surface area is 105 Å². The Morgan fingerprint density at radius 2 is 1.94 bits per heavy atom. The summed E-state index contributed by atoms with van der Waals surface area (Å²) in [6, 6.07) is 0. The van der Waals surface area contributed by atoms with E-state index < -0.39 is 0 Å². The van der Waals surface area contributed by atoms with Crippen LogP contribution in [0.1, 0.15) is 51.9 Å². The van der Waals surface area contributed by atoms with Gasteiger partial charge in [0.1, 0.15) is 0 Å². The third-order valence-electron chi connectivity index (χ3n) is 4.83. The van der Waals surface area contributed by atoms with Crippen LogP contribution in [-0.4, -0.2) is 12.2 Å². The van der Waals surface area contributed by atoms with Crippen molar-refractivity contribution in [3.63, 3.8) is 0 Å². The van der Waals surface area contributed by atoms with E-state index in [-0.39, 0.29) is 0 Å². The van der Waals surface area contributed by atoms with Gasteiger partial charge in [0.15, 0.2) is 0 Å². The van der Waals surface area contributed by atoms with E-state index in [0.717, 1.165) is 5.92 Å². The van der Waals surface area contributed by atoms with Gasteiger partial charge in [-0.1, -0.05) is 36.6 Å². The van der Waals surface area contributed by atoms with Crippen molar-refractivity contribution in [3.8, 4) is 0 Å². The number of rotatable bonds is 1. The molecule has 1 saturated heterocycles. The molecule has 4 atom stereocenters. The molecule has 0 amide bonds. The lowest BCUT2D eigenvalue weighted by molar-refractivity contribution is -0.0871. The van der Waals surface area contributed by atoms with Crippen molar-refractivity contribution in [1.29, 1.82) is 0 Å². The molecule has 94 valence electrons. The van der Waals surface area contributed by atoms with Gasteiger partial charge in [-0.3, -0.25) is 0 Å². The molecule has 0 aromatic carbocycles. The molecule has 3 aliphatic rings.